The minimum atomic E-state index is -0.451. The Labute approximate surface area is 134 Å². The second-order valence-corrected chi connectivity index (χ2v) is 6.76. The number of ether oxygens (including phenoxy) is 2. The standard InChI is InChI=1S/C15H20N4O2S/c1-15(2)20-10-12(21-15)6-8-22-14-18-17-13(19(14)3)11-5-4-7-16-9-11/h4-5,7,9,12H,6,8,10H2,1-3H3/t12-/m0/s1. The van der Waals surface area contributed by atoms with Crippen LogP contribution < -0.4 is 0 Å². The van der Waals surface area contributed by atoms with Gasteiger partial charge in [-0.05, 0) is 32.4 Å². The first-order valence-corrected chi connectivity index (χ1v) is 8.28. The minimum absolute atomic E-state index is 0.161. The second-order valence-electron chi connectivity index (χ2n) is 5.69. The molecule has 0 saturated carbocycles. The van der Waals surface area contributed by atoms with Crippen LogP contribution in [0.25, 0.3) is 11.4 Å². The normalized spacial score (nSPS) is 20.4. The van der Waals surface area contributed by atoms with Crippen molar-refractivity contribution < 1.29 is 9.47 Å². The lowest BCUT2D eigenvalue weighted by Gasteiger charge is -2.16. The van der Waals surface area contributed by atoms with Gasteiger partial charge < -0.3 is 14.0 Å². The van der Waals surface area contributed by atoms with Gasteiger partial charge in [0, 0.05) is 30.8 Å². The highest BCUT2D eigenvalue weighted by molar-refractivity contribution is 7.99. The Morgan fingerprint density at radius 1 is 1.41 bits per heavy atom. The summed E-state index contributed by atoms with van der Waals surface area (Å²) in [6.45, 7) is 4.55. The average molecular weight is 320 g/mol. The molecule has 0 unspecified atom stereocenters. The summed E-state index contributed by atoms with van der Waals surface area (Å²) < 4.78 is 13.4. The fourth-order valence-corrected chi connectivity index (χ4v) is 3.32. The molecule has 0 N–H and O–H groups in total. The summed E-state index contributed by atoms with van der Waals surface area (Å²) in [5.41, 5.74) is 0.971. The average Bonchev–Trinajstić information content (AvgIpc) is 3.03. The summed E-state index contributed by atoms with van der Waals surface area (Å²) in [7, 11) is 1.98. The van der Waals surface area contributed by atoms with Gasteiger partial charge in [0.15, 0.2) is 16.8 Å². The van der Waals surface area contributed by atoms with Crippen molar-refractivity contribution in [1.29, 1.82) is 0 Å². The van der Waals surface area contributed by atoms with Crippen LogP contribution in [-0.4, -0.2) is 44.0 Å². The summed E-state index contributed by atoms with van der Waals surface area (Å²) in [5.74, 6) is 1.30. The van der Waals surface area contributed by atoms with E-state index in [0.29, 0.717) is 6.61 Å². The Balaban J connectivity index is 1.57. The third kappa shape index (κ3) is 3.48. The molecular formula is C15H20N4O2S. The zero-order valence-corrected chi connectivity index (χ0v) is 13.8. The van der Waals surface area contributed by atoms with E-state index in [1.807, 2.05) is 37.6 Å². The maximum Gasteiger partial charge on any atom is 0.191 e. The van der Waals surface area contributed by atoms with Crippen LogP contribution in [0.4, 0.5) is 0 Å². The molecule has 118 valence electrons. The van der Waals surface area contributed by atoms with Gasteiger partial charge in [-0.2, -0.15) is 0 Å². The Morgan fingerprint density at radius 3 is 2.95 bits per heavy atom. The molecular weight excluding hydrogens is 300 g/mol. The van der Waals surface area contributed by atoms with E-state index in [0.717, 1.165) is 28.7 Å². The second kappa shape index (κ2) is 6.36. The smallest absolute Gasteiger partial charge is 0.191 e. The van der Waals surface area contributed by atoms with Crippen LogP contribution in [0.1, 0.15) is 20.3 Å². The molecule has 2 aromatic rings. The van der Waals surface area contributed by atoms with E-state index < -0.39 is 5.79 Å². The van der Waals surface area contributed by atoms with Crippen LogP contribution in [0.5, 0.6) is 0 Å². The van der Waals surface area contributed by atoms with Crippen LogP contribution in [-0.2, 0) is 16.5 Å². The van der Waals surface area contributed by atoms with Crippen molar-refractivity contribution in [2.45, 2.75) is 37.3 Å². The molecule has 6 nitrogen and oxygen atoms in total. The van der Waals surface area contributed by atoms with Crippen LogP contribution >= 0.6 is 11.8 Å². The molecule has 1 aliphatic rings. The molecule has 1 saturated heterocycles. The monoisotopic (exact) mass is 320 g/mol. The predicted octanol–water partition coefficient (Wildman–Crippen LogP) is 2.51. The maximum absolute atomic E-state index is 5.80. The zero-order valence-electron chi connectivity index (χ0n) is 13.0. The molecule has 1 fully saturated rings. The number of hydrogen-bond donors (Lipinski definition) is 0. The van der Waals surface area contributed by atoms with Crippen molar-refractivity contribution in [3.63, 3.8) is 0 Å². The SMILES string of the molecule is Cn1c(SCC[C@H]2COC(C)(C)O2)nnc1-c1cccnc1. The molecule has 3 rings (SSSR count). The van der Waals surface area contributed by atoms with Crippen molar-refractivity contribution in [3.05, 3.63) is 24.5 Å². The molecule has 0 aliphatic carbocycles. The Bertz CT molecular complexity index is 630. The van der Waals surface area contributed by atoms with E-state index in [9.17, 15) is 0 Å². The van der Waals surface area contributed by atoms with Crippen LogP contribution in [0.15, 0.2) is 29.7 Å². The van der Waals surface area contributed by atoms with E-state index in [2.05, 4.69) is 15.2 Å². The van der Waals surface area contributed by atoms with Crippen molar-refractivity contribution >= 4 is 11.8 Å². The highest BCUT2D eigenvalue weighted by Crippen LogP contribution is 2.27. The summed E-state index contributed by atoms with van der Waals surface area (Å²) in [6.07, 6.45) is 4.64. The topological polar surface area (TPSA) is 62.1 Å². The number of hydrogen-bond acceptors (Lipinski definition) is 6. The molecule has 3 heterocycles. The van der Waals surface area contributed by atoms with E-state index in [1.54, 1.807) is 24.2 Å². The Morgan fingerprint density at radius 2 is 2.27 bits per heavy atom. The molecule has 1 aliphatic heterocycles. The van der Waals surface area contributed by atoms with Crippen molar-refractivity contribution in [2.75, 3.05) is 12.4 Å². The molecule has 22 heavy (non-hydrogen) atoms. The third-order valence-electron chi connectivity index (χ3n) is 3.49. The summed E-state index contributed by atoms with van der Waals surface area (Å²) >= 11 is 1.68. The number of thioether (sulfide) groups is 1. The van der Waals surface area contributed by atoms with Gasteiger partial charge in [-0.1, -0.05) is 11.8 Å². The molecule has 1 atom stereocenters. The van der Waals surface area contributed by atoms with Gasteiger partial charge in [0.25, 0.3) is 0 Å². The first-order valence-electron chi connectivity index (χ1n) is 7.29. The molecule has 7 heteroatoms. The lowest BCUT2D eigenvalue weighted by Crippen LogP contribution is -2.21. The Kier molecular flexibility index (Phi) is 4.46. The predicted molar refractivity (Wildman–Crippen MR) is 84.5 cm³/mol. The zero-order chi connectivity index (χ0) is 15.6. The number of aromatic nitrogens is 4. The van der Waals surface area contributed by atoms with Crippen molar-refractivity contribution in [2.24, 2.45) is 7.05 Å². The number of pyridine rings is 1. The maximum atomic E-state index is 5.80. The van der Waals surface area contributed by atoms with E-state index >= 15 is 0 Å². The van der Waals surface area contributed by atoms with E-state index in [1.165, 1.54) is 0 Å². The van der Waals surface area contributed by atoms with Gasteiger partial charge in [-0.15, -0.1) is 10.2 Å². The third-order valence-corrected chi connectivity index (χ3v) is 4.55. The van der Waals surface area contributed by atoms with Crippen molar-refractivity contribution in [3.8, 4) is 11.4 Å². The van der Waals surface area contributed by atoms with Gasteiger partial charge >= 0.3 is 0 Å². The van der Waals surface area contributed by atoms with Crippen molar-refractivity contribution in [1.82, 2.24) is 19.7 Å². The quantitative estimate of drug-likeness (QED) is 0.789. The van der Waals surface area contributed by atoms with Gasteiger partial charge in [0.1, 0.15) is 0 Å². The molecule has 0 amide bonds. The van der Waals surface area contributed by atoms with Crippen LogP contribution in [0.3, 0.4) is 0 Å². The Hall–Kier alpha value is -1.44. The fraction of sp³-hybridized carbons (Fsp3) is 0.533. The summed E-state index contributed by atoms with van der Waals surface area (Å²) in [6, 6.07) is 3.88. The molecule has 0 radical (unpaired) electrons. The largest absolute Gasteiger partial charge is 0.348 e. The highest BCUT2D eigenvalue weighted by Gasteiger charge is 2.32. The summed E-state index contributed by atoms with van der Waals surface area (Å²) in [4.78, 5) is 4.12. The number of rotatable bonds is 5. The summed E-state index contributed by atoms with van der Waals surface area (Å²) in [5, 5.41) is 9.42. The van der Waals surface area contributed by atoms with Crippen LogP contribution in [0.2, 0.25) is 0 Å². The van der Waals surface area contributed by atoms with Gasteiger partial charge in [-0.3, -0.25) is 4.98 Å². The molecule has 0 aromatic carbocycles. The van der Waals surface area contributed by atoms with Gasteiger partial charge in [0.2, 0.25) is 0 Å². The first-order chi connectivity index (χ1) is 10.6. The highest BCUT2D eigenvalue weighted by atomic mass is 32.2. The first kappa shape index (κ1) is 15.5. The molecule has 2 aromatic heterocycles. The van der Waals surface area contributed by atoms with Crippen LogP contribution in [0, 0.1) is 0 Å². The minimum Gasteiger partial charge on any atom is -0.348 e. The van der Waals surface area contributed by atoms with Gasteiger partial charge in [-0.25, -0.2) is 0 Å². The fourth-order valence-electron chi connectivity index (χ4n) is 2.37. The lowest BCUT2D eigenvalue weighted by atomic mass is 10.3. The molecule has 0 bridgehead atoms. The number of nitrogens with zero attached hydrogens (tertiary/aromatic N) is 4. The van der Waals surface area contributed by atoms with Gasteiger partial charge in [0.05, 0.1) is 12.7 Å². The lowest BCUT2D eigenvalue weighted by molar-refractivity contribution is -0.138. The molecule has 0 spiro atoms. The van der Waals surface area contributed by atoms with E-state index in [4.69, 9.17) is 9.47 Å². The van der Waals surface area contributed by atoms with E-state index in [-0.39, 0.29) is 6.10 Å².